The van der Waals surface area contributed by atoms with Crippen LogP contribution in [0.25, 0.3) is 0 Å². The first-order valence-corrected chi connectivity index (χ1v) is 6.30. The van der Waals surface area contributed by atoms with Crippen LogP contribution in [0.1, 0.15) is 20.7 Å². The first-order valence-electron chi connectivity index (χ1n) is 5.51. The average Bonchev–Trinajstić information content (AvgIpc) is 2.41. The maximum atomic E-state index is 11.9. The third-order valence-corrected chi connectivity index (χ3v) is 3.18. The minimum atomic E-state index is -1.07. The van der Waals surface area contributed by atoms with Gasteiger partial charge in [0.25, 0.3) is 11.5 Å². The number of carbonyl (C=O) groups excluding carboxylic acids is 1. The number of hydrogen-bond acceptors (Lipinski definition) is 3. The van der Waals surface area contributed by atoms with Crippen molar-refractivity contribution in [1.29, 1.82) is 0 Å². The van der Waals surface area contributed by atoms with Crippen LogP contribution in [0.15, 0.2) is 45.8 Å². The van der Waals surface area contributed by atoms with Gasteiger partial charge in [0.1, 0.15) is 5.56 Å². The third-order valence-electron chi connectivity index (χ3n) is 2.53. The molecule has 2 rings (SSSR count). The van der Waals surface area contributed by atoms with Gasteiger partial charge in [-0.3, -0.25) is 9.59 Å². The lowest BCUT2D eigenvalue weighted by Crippen LogP contribution is -2.22. The summed E-state index contributed by atoms with van der Waals surface area (Å²) in [6, 6.07) is 7.11. The highest BCUT2D eigenvalue weighted by molar-refractivity contribution is 9.10. The van der Waals surface area contributed by atoms with E-state index in [4.69, 9.17) is 5.11 Å². The van der Waals surface area contributed by atoms with Crippen LogP contribution in [0.5, 0.6) is 0 Å². The van der Waals surface area contributed by atoms with E-state index in [9.17, 15) is 14.4 Å². The standard InChI is InChI=1S/C13H9BrN2O4/c14-9-6-7(13(19)20)3-4-10(9)16-12(18)8-2-1-5-15-11(8)17/h1-6H,(H,15,17)(H,16,18)(H,19,20). The van der Waals surface area contributed by atoms with Crippen molar-refractivity contribution in [2.24, 2.45) is 0 Å². The van der Waals surface area contributed by atoms with Crippen LogP contribution in [0.4, 0.5) is 5.69 Å². The monoisotopic (exact) mass is 336 g/mol. The van der Waals surface area contributed by atoms with E-state index in [-0.39, 0.29) is 11.1 Å². The van der Waals surface area contributed by atoms with Crippen molar-refractivity contribution < 1.29 is 14.7 Å². The van der Waals surface area contributed by atoms with Crippen molar-refractivity contribution in [2.45, 2.75) is 0 Å². The fraction of sp³-hybridized carbons (Fsp3) is 0. The minimum absolute atomic E-state index is 0.0262. The molecular weight excluding hydrogens is 328 g/mol. The Morgan fingerprint density at radius 3 is 2.60 bits per heavy atom. The van der Waals surface area contributed by atoms with Gasteiger partial charge in [-0.05, 0) is 46.3 Å². The third kappa shape index (κ3) is 2.94. The molecule has 1 aromatic heterocycles. The highest BCUT2D eigenvalue weighted by Gasteiger charge is 2.13. The van der Waals surface area contributed by atoms with Gasteiger partial charge in [0.15, 0.2) is 0 Å². The zero-order chi connectivity index (χ0) is 14.7. The van der Waals surface area contributed by atoms with Crippen LogP contribution in [0.2, 0.25) is 0 Å². The summed E-state index contributed by atoms with van der Waals surface area (Å²) in [5, 5.41) is 11.4. The molecule has 1 amide bonds. The number of aromatic amines is 1. The summed E-state index contributed by atoms with van der Waals surface area (Å²) in [7, 11) is 0. The highest BCUT2D eigenvalue weighted by Crippen LogP contribution is 2.24. The molecular formula is C13H9BrN2O4. The number of carbonyl (C=O) groups is 2. The number of aromatic nitrogens is 1. The van der Waals surface area contributed by atoms with Gasteiger partial charge >= 0.3 is 5.97 Å². The molecule has 0 saturated heterocycles. The highest BCUT2D eigenvalue weighted by atomic mass is 79.9. The Morgan fingerprint density at radius 1 is 1.25 bits per heavy atom. The summed E-state index contributed by atoms with van der Waals surface area (Å²) in [5.41, 5.74) is -0.0549. The van der Waals surface area contributed by atoms with Crippen LogP contribution in [0, 0.1) is 0 Å². The number of carboxylic acid groups (broad SMARTS) is 1. The van der Waals surface area contributed by atoms with Crippen molar-refractivity contribution in [3.8, 4) is 0 Å². The van der Waals surface area contributed by atoms with Crippen molar-refractivity contribution >= 4 is 33.5 Å². The van der Waals surface area contributed by atoms with Crippen LogP contribution in [0.3, 0.4) is 0 Å². The number of anilines is 1. The molecule has 0 aliphatic heterocycles. The van der Waals surface area contributed by atoms with Crippen LogP contribution < -0.4 is 10.9 Å². The lowest BCUT2D eigenvalue weighted by molar-refractivity contribution is 0.0696. The maximum Gasteiger partial charge on any atom is 0.335 e. The smallest absolute Gasteiger partial charge is 0.335 e. The van der Waals surface area contributed by atoms with E-state index >= 15 is 0 Å². The quantitative estimate of drug-likeness (QED) is 0.798. The Morgan fingerprint density at radius 2 is 2.00 bits per heavy atom. The van der Waals surface area contributed by atoms with Gasteiger partial charge in [0.05, 0.1) is 11.3 Å². The summed E-state index contributed by atoms with van der Waals surface area (Å²) in [6.07, 6.45) is 1.43. The SMILES string of the molecule is O=C(O)c1ccc(NC(=O)c2ccc[nH]c2=O)c(Br)c1. The molecule has 0 radical (unpaired) electrons. The topological polar surface area (TPSA) is 99.3 Å². The lowest BCUT2D eigenvalue weighted by atomic mass is 10.2. The molecule has 20 heavy (non-hydrogen) atoms. The molecule has 0 aliphatic carbocycles. The van der Waals surface area contributed by atoms with Crippen LogP contribution in [-0.2, 0) is 0 Å². The van der Waals surface area contributed by atoms with Crippen molar-refractivity contribution in [2.75, 3.05) is 5.32 Å². The number of hydrogen-bond donors (Lipinski definition) is 3. The second-order valence-corrected chi connectivity index (χ2v) is 4.72. The van der Waals surface area contributed by atoms with Gasteiger partial charge in [-0.15, -0.1) is 0 Å². The largest absolute Gasteiger partial charge is 0.478 e. The van der Waals surface area contributed by atoms with E-state index < -0.39 is 17.4 Å². The predicted molar refractivity (Wildman–Crippen MR) is 76.1 cm³/mol. The van der Waals surface area contributed by atoms with Gasteiger partial charge < -0.3 is 15.4 Å². The number of benzene rings is 1. The Balaban J connectivity index is 2.27. The zero-order valence-corrected chi connectivity index (χ0v) is 11.6. The molecule has 1 heterocycles. The molecule has 0 atom stereocenters. The summed E-state index contributed by atoms with van der Waals surface area (Å²) < 4.78 is 0.415. The molecule has 6 nitrogen and oxygen atoms in total. The van der Waals surface area contributed by atoms with E-state index in [1.54, 1.807) is 6.07 Å². The molecule has 102 valence electrons. The van der Waals surface area contributed by atoms with E-state index in [1.807, 2.05) is 0 Å². The Labute approximate surface area is 121 Å². The molecule has 7 heteroatoms. The van der Waals surface area contributed by atoms with Gasteiger partial charge in [-0.2, -0.15) is 0 Å². The molecule has 0 fully saturated rings. The summed E-state index contributed by atoms with van der Waals surface area (Å²) in [6.45, 7) is 0. The van der Waals surface area contributed by atoms with Crippen molar-refractivity contribution in [1.82, 2.24) is 4.98 Å². The molecule has 0 saturated carbocycles. The molecule has 0 spiro atoms. The number of halogens is 1. The first kappa shape index (κ1) is 14.0. The van der Waals surface area contributed by atoms with Gasteiger partial charge in [0, 0.05) is 10.7 Å². The number of nitrogens with one attached hydrogen (secondary N) is 2. The summed E-state index contributed by atoms with van der Waals surface area (Å²) >= 11 is 3.17. The molecule has 0 aliphatic rings. The molecule has 3 N–H and O–H groups in total. The molecule has 0 unspecified atom stereocenters. The number of aromatic carboxylic acids is 1. The predicted octanol–water partition coefficient (Wildman–Crippen LogP) is 2.09. The number of rotatable bonds is 3. The Bertz CT molecular complexity index is 739. The minimum Gasteiger partial charge on any atom is -0.478 e. The Hall–Kier alpha value is -2.41. The Kier molecular flexibility index (Phi) is 3.99. The molecule has 0 bridgehead atoms. The van der Waals surface area contributed by atoms with E-state index in [1.165, 1.54) is 30.5 Å². The normalized spacial score (nSPS) is 10.1. The second-order valence-electron chi connectivity index (χ2n) is 3.87. The van der Waals surface area contributed by atoms with Crippen molar-refractivity contribution in [3.63, 3.8) is 0 Å². The summed E-state index contributed by atoms with van der Waals surface area (Å²) in [5.74, 6) is -1.64. The first-order chi connectivity index (χ1) is 9.49. The summed E-state index contributed by atoms with van der Waals surface area (Å²) in [4.78, 5) is 36.6. The van der Waals surface area contributed by atoms with Crippen LogP contribution >= 0.6 is 15.9 Å². The van der Waals surface area contributed by atoms with E-state index in [0.717, 1.165) is 0 Å². The van der Waals surface area contributed by atoms with Crippen LogP contribution in [-0.4, -0.2) is 22.0 Å². The lowest BCUT2D eigenvalue weighted by Gasteiger charge is -2.07. The fourth-order valence-corrected chi connectivity index (χ4v) is 2.02. The zero-order valence-electron chi connectivity index (χ0n) is 10.0. The van der Waals surface area contributed by atoms with E-state index in [0.29, 0.717) is 10.2 Å². The van der Waals surface area contributed by atoms with Gasteiger partial charge in [-0.1, -0.05) is 0 Å². The molecule has 2 aromatic rings. The van der Waals surface area contributed by atoms with E-state index in [2.05, 4.69) is 26.2 Å². The number of pyridine rings is 1. The number of H-pyrrole nitrogens is 1. The maximum absolute atomic E-state index is 11.9. The van der Waals surface area contributed by atoms with Gasteiger partial charge in [-0.25, -0.2) is 4.79 Å². The van der Waals surface area contributed by atoms with Gasteiger partial charge in [0.2, 0.25) is 0 Å². The fourth-order valence-electron chi connectivity index (χ4n) is 1.54. The average molecular weight is 337 g/mol. The number of amides is 1. The van der Waals surface area contributed by atoms with Crippen molar-refractivity contribution in [3.05, 3.63) is 62.5 Å². The second kappa shape index (κ2) is 5.70. The number of carboxylic acids is 1. The molecule has 1 aromatic carbocycles.